The second kappa shape index (κ2) is 8.05. The van der Waals surface area contributed by atoms with Gasteiger partial charge < -0.3 is 15.4 Å². The highest BCUT2D eigenvalue weighted by Crippen LogP contribution is 2.17. The van der Waals surface area contributed by atoms with Crippen LogP contribution in [0.2, 0.25) is 0 Å². The summed E-state index contributed by atoms with van der Waals surface area (Å²) < 4.78 is 31.3. The van der Waals surface area contributed by atoms with Crippen molar-refractivity contribution >= 4 is 17.5 Å². The van der Waals surface area contributed by atoms with Gasteiger partial charge in [0.15, 0.2) is 18.2 Å². The first-order valence-electron chi connectivity index (χ1n) is 7.25. The van der Waals surface area contributed by atoms with Gasteiger partial charge in [-0.05, 0) is 49.4 Å². The summed E-state index contributed by atoms with van der Waals surface area (Å²) in [5.74, 6) is -2.43. The maximum Gasteiger partial charge on any atom is 0.257 e. The van der Waals surface area contributed by atoms with Gasteiger partial charge in [-0.1, -0.05) is 0 Å². The highest BCUT2D eigenvalue weighted by molar-refractivity contribution is 6.04. The van der Waals surface area contributed by atoms with Crippen molar-refractivity contribution in [1.29, 1.82) is 0 Å². The number of rotatable bonds is 6. The van der Waals surface area contributed by atoms with E-state index in [1.54, 1.807) is 24.3 Å². The number of carbonyl (C=O) groups is 2. The molecule has 0 atom stereocenters. The van der Waals surface area contributed by atoms with Crippen LogP contribution in [0.15, 0.2) is 42.5 Å². The maximum absolute atomic E-state index is 13.1. The fourth-order valence-electron chi connectivity index (χ4n) is 1.87. The normalized spacial score (nSPS) is 10.1. The van der Waals surface area contributed by atoms with E-state index in [9.17, 15) is 18.4 Å². The molecule has 0 fully saturated rings. The third-order valence-corrected chi connectivity index (χ3v) is 3.04. The minimum Gasteiger partial charge on any atom is -0.484 e. The fraction of sp³-hybridized carbons (Fsp3) is 0.176. The molecule has 0 spiro atoms. The molecule has 7 heteroatoms. The zero-order valence-corrected chi connectivity index (χ0v) is 12.9. The Kier molecular flexibility index (Phi) is 5.83. The van der Waals surface area contributed by atoms with Gasteiger partial charge in [0.2, 0.25) is 0 Å². The minimum absolute atomic E-state index is 0.00506. The number of hydrogen-bond acceptors (Lipinski definition) is 3. The first-order chi connectivity index (χ1) is 11.5. The lowest BCUT2D eigenvalue weighted by molar-refractivity contribution is -0.122. The average Bonchev–Trinajstić information content (AvgIpc) is 2.57. The summed E-state index contributed by atoms with van der Waals surface area (Å²) in [5, 5.41) is 5.16. The standard InChI is InChI=1S/C17H16F2N2O3/c1-2-20-16(22)10-24-13-6-4-12(5-7-13)21-17(23)11-3-8-14(18)15(19)9-11/h3-9H,2,10H2,1H3,(H,20,22)(H,21,23). The van der Waals surface area contributed by atoms with Crippen molar-refractivity contribution in [1.82, 2.24) is 5.32 Å². The molecule has 0 aliphatic heterocycles. The molecule has 2 amide bonds. The molecule has 126 valence electrons. The second-order valence-corrected chi connectivity index (χ2v) is 4.85. The Bertz CT molecular complexity index is 733. The molecule has 0 unspecified atom stereocenters. The summed E-state index contributed by atoms with van der Waals surface area (Å²) in [7, 11) is 0. The second-order valence-electron chi connectivity index (χ2n) is 4.85. The quantitative estimate of drug-likeness (QED) is 0.853. The molecule has 2 aromatic rings. The number of anilines is 1. The van der Waals surface area contributed by atoms with Crippen molar-refractivity contribution in [2.24, 2.45) is 0 Å². The van der Waals surface area contributed by atoms with Gasteiger partial charge in [-0.2, -0.15) is 0 Å². The van der Waals surface area contributed by atoms with E-state index in [0.717, 1.165) is 12.1 Å². The van der Waals surface area contributed by atoms with Crippen molar-refractivity contribution < 1.29 is 23.1 Å². The molecule has 0 saturated carbocycles. The van der Waals surface area contributed by atoms with E-state index in [4.69, 9.17) is 4.74 Å². The van der Waals surface area contributed by atoms with Gasteiger partial charge in [-0.15, -0.1) is 0 Å². The number of ether oxygens (including phenoxy) is 1. The van der Waals surface area contributed by atoms with E-state index >= 15 is 0 Å². The van der Waals surface area contributed by atoms with Crippen LogP contribution in [-0.2, 0) is 4.79 Å². The number of carbonyl (C=O) groups excluding carboxylic acids is 2. The third-order valence-electron chi connectivity index (χ3n) is 3.04. The van der Waals surface area contributed by atoms with E-state index in [1.807, 2.05) is 6.92 Å². The Morgan fingerprint density at radius 3 is 2.38 bits per heavy atom. The molecule has 2 aromatic carbocycles. The van der Waals surface area contributed by atoms with Crippen LogP contribution in [0.5, 0.6) is 5.75 Å². The number of halogens is 2. The predicted molar refractivity (Wildman–Crippen MR) is 84.9 cm³/mol. The highest BCUT2D eigenvalue weighted by atomic mass is 19.2. The molecule has 2 rings (SSSR count). The SMILES string of the molecule is CCNC(=O)COc1ccc(NC(=O)c2ccc(F)c(F)c2)cc1. The Hall–Kier alpha value is -2.96. The molecular weight excluding hydrogens is 318 g/mol. The molecular formula is C17H16F2N2O3. The van der Waals surface area contributed by atoms with Crippen LogP contribution in [0.1, 0.15) is 17.3 Å². The summed E-state index contributed by atoms with van der Waals surface area (Å²) in [6.07, 6.45) is 0. The van der Waals surface area contributed by atoms with Gasteiger partial charge in [0.25, 0.3) is 11.8 Å². The van der Waals surface area contributed by atoms with Crippen molar-refractivity contribution in [3.05, 3.63) is 59.7 Å². The lowest BCUT2D eigenvalue weighted by Gasteiger charge is -2.08. The molecule has 0 aliphatic carbocycles. The van der Waals surface area contributed by atoms with Crippen LogP contribution in [0.4, 0.5) is 14.5 Å². The zero-order valence-electron chi connectivity index (χ0n) is 12.9. The summed E-state index contributed by atoms with van der Waals surface area (Å²) in [6, 6.07) is 9.23. The number of nitrogens with one attached hydrogen (secondary N) is 2. The van der Waals surface area contributed by atoms with Crippen LogP contribution >= 0.6 is 0 Å². The van der Waals surface area contributed by atoms with Gasteiger partial charge in [0.05, 0.1) is 0 Å². The van der Waals surface area contributed by atoms with Gasteiger partial charge in [-0.3, -0.25) is 9.59 Å². The van der Waals surface area contributed by atoms with Crippen LogP contribution in [0.25, 0.3) is 0 Å². The predicted octanol–water partition coefficient (Wildman–Crippen LogP) is 2.73. The van der Waals surface area contributed by atoms with E-state index in [0.29, 0.717) is 18.0 Å². The molecule has 0 bridgehead atoms. The van der Waals surface area contributed by atoms with Gasteiger partial charge in [0, 0.05) is 17.8 Å². The lowest BCUT2D eigenvalue weighted by Crippen LogP contribution is -2.28. The van der Waals surface area contributed by atoms with Crippen molar-refractivity contribution in [2.75, 3.05) is 18.5 Å². The summed E-state index contributed by atoms with van der Waals surface area (Å²) in [6.45, 7) is 2.23. The van der Waals surface area contributed by atoms with Crippen LogP contribution in [-0.4, -0.2) is 25.0 Å². The van der Waals surface area contributed by atoms with E-state index < -0.39 is 17.5 Å². The van der Waals surface area contributed by atoms with Crippen molar-refractivity contribution in [2.45, 2.75) is 6.92 Å². The summed E-state index contributed by atoms with van der Waals surface area (Å²) in [4.78, 5) is 23.3. The Morgan fingerprint density at radius 1 is 1.04 bits per heavy atom. The van der Waals surface area contributed by atoms with Crippen molar-refractivity contribution in [3.8, 4) is 5.75 Å². The topological polar surface area (TPSA) is 67.4 Å². The van der Waals surface area contributed by atoms with Gasteiger partial charge >= 0.3 is 0 Å². The third kappa shape index (κ3) is 4.77. The Labute approximate surface area is 137 Å². The molecule has 0 saturated heterocycles. The number of amides is 2. The summed E-state index contributed by atoms with van der Waals surface area (Å²) in [5.41, 5.74) is 0.459. The van der Waals surface area contributed by atoms with Crippen LogP contribution in [0, 0.1) is 11.6 Å². The fourth-order valence-corrected chi connectivity index (χ4v) is 1.87. The Morgan fingerprint density at radius 2 is 1.75 bits per heavy atom. The molecule has 0 radical (unpaired) electrons. The Balaban J connectivity index is 1.94. The first-order valence-corrected chi connectivity index (χ1v) is 7.25. The van der Waals surface area contributed by atoms with Crippen molar-refractivity contribution in [3.63, 3.8) is 0 Å². The molecule has 0 heterocycles. The highest BCUT2D eigenvalue weighted by Gasteiger charge is 2.10. The average molecular weight is 334 g/mol. The molecule has 2 N–H and O–H groups in total. The molecule has 5 nitrogen and oxygen atoms in total. The molecule has 0 aliphatic rings. The largest absolute Gasteiger partial charge is 0.484 e. The lowest BCUT2D eigenvalue weighted by atomic mass is 10.2. The summed E-state index contributed by atoms with van der Waals surface area (Å²) >= 11 is 0. The van der Waals surface area contributed by atoms with Crippen LogP contribution in [0.3, 0.4) is 0 Å². The number of likely N-dealkylation sites (N-methyl/N-ethyl adjacent to an activating group) is 1. The zero-order chi connectivity index (χ0) is 17.5. The van der Waals surface area contributed by atoms with Gasteiger partial charge in [-0.25, -0.2) is 8.78 Å². The van der Waals surface area contributed by atoms with Gasteiger partial charge in [0.1, 0.15) is 5.75 Å². The van der Waals surface area contributed by atoms with E-state index in [1.165, 1.54) is 6.07 Å². The number of hydrogen-bond donors (Lipinski definition) is 2. The molecule has 0 aromatic heterocycles. The minimum atomic E-state index is -1.09. The first kappa shape index (κ1) is 17.4. The van der Waals surface area contributed by atoms with E-state index in [-0.39, 0.29) is 18.1 Å². The number of benzene rings is 2. The van der Waals surface area contributed by atoms with E-state index in [2.05, 4.69) is 10.6 Å². The monoisotopic (exact) mass is 334 g/mol. The molecule has 24 heavy (non-hydrogen) atoms. The maximum atomic E-state index is 13.1. The smallest absolute Gasteiger partial charge is 0.257 e. The van der Waals surface area contributed by atoms with Crippen LogP contribution < -0.4 is 15.4 Å².